The summed E-state index contributed by atoms with van der Waals surface area (Å²) in [4.78, 5) is 4.47. The number of benzene rings is 1. The molecule has 13 heavy (non-hydrogen) atoms. The van der Waals surface area contributed by atoms with Crippen LogP contribution in [0.25, 0.3) is 0 Å². The molecule has 0 aromatic heterocycles. The summed E-state index contributed by atoms with van der Waals surface area (Å²) in [6, 6.07) is 7.88. The lowest BCUT2D eigenvalue weighted by Gasteiger charge is -2.10. The van der Waals surface area contributed by atoms with Gasteiger partial charge in [0.25, 0.3) is 0 Å². The maximum atomic E-state index is 5.80. The van der Waals surface area contributed by atoms with E-state index in [-0.39, 0.29) is 0 Å². The van der Waals surface area contributed by atoms with Crippen molar-refractivity contribution in [2.24, 2.45) is 4.99 Å². The van der Waals surface area contributed by atoms with Crippen LogP contribution in [0.4, 0.5) is 0 Å². The summed E-state index contributed by atoms with van der Waals surface area (Å²) < 4.78 is 0. The fraction of sp³-hybridized carbons (Fsp3) is 0.300. The highest BCUT2D eigenvalue weighted by Gasteiger charge is 2.07. The summed E-state index contributed by atoms with van der Waals surface area (Å²) in [6.45, 7) is 0.963. The smallest absolute Gasteiger partial charge is 0.0976 e. The Morgan fingerprint density at radius 2 is 2.00 bits per heavy atom. The molecule has 1 aromatic carbocycles. The molecule has 2 rings (SSSR count). The second-order valence-corrected chi connectivity index (χ2v) is 4.42. The van der Waals surface area contributed by atoms with Gasteiger partial charge in [-0.15, -0.1) is 11.8 Å². The fourth-order valence-corrected chi connectivity index (χ4v) is 2.30. The average Bonchev–Trinajstić information content (AvgIpc) is 2.20. The van der Waals surface area contributed by atoms with Crippen LogP contribution in [0, 0.1) is 0 Å². The van der Waals surface area contributed by atoms with E-state index in [0.29, 0.717) is 0 Å². The Labute approximate surface area is 87.2 Å². The van der Waals surface area contributed by atoms with E-state index >= 15 is 0 Å². The number of hydrogen-bond donors (Lipinski definition) is 0. The molecular weight excluding hydrogens is 202 g/mol. The lowest BCUT2D eigenvalue weighted by molar-refractivity contribution is 0.939. The van der Waals surface area contributed by atoms with E-state index in [1.54, 1.807) is 0 Å². The number of rotatable bonds is 1. The lowest BCUT2D eigenvalue weighted by atomic mass is 10.2. The zero-order chi connectivity index (χ0) is 9.10. The van der Waals surface area contributed by atoms with Crippen molar-refractivity contribution >= 4 is 28.4 Å². The molecule has 1 aliphatic heterocycles. The molecule has 68 valence electrons. The minimum atomic E-state index is 0.783. The Bertz CT molecular complexity index is 318. The minimum absolute atomic E-state index is 0.783. The van der Waals surface area contributed by atoms with Crippen LogP contribution in [-0.4, -0.2) is 17.3 Å². The lowest BCUT2D eigenvalue weighted by Crippen LogP contribution is -2.04. The van der Waals surface area contributed by atoms with E-state index in [2.05, 4.69) is 4.99 Å². The zero-order valence-electron chi connectivity index (χ0n) is 7.16. The SMILES string of the molecule is Clc1ccc(C2=NCCCS2)cc1. The number of nitrogens with zero attached hydrogens (tertiary/aromatic N) is 1. The third-order valence-electron chi connectivity index (χ3n) is 1.89. The maximum Gasteiger partial charge on any atom is 0.0976 e. The van der Waals surface area contributed by atoms with Crippen molar-refractivity contribution in [2.75, 3.05) is 12.3 Å². The first-order valence-corrected chi connectivity index (χ1v) is 5.66. The van der Waals surface area contributed by atoms with Crippen LogP contribution in [0.15, 0.2) is 29.3 Å². The first kappa shape index (κ1) is 9.10. The van der Waals surface area contributed by atoms with Crippen molar-refractivity contribution in [1.29, 1.82) is 0 Å². The van der Waals surface area contributed by atoms with Crippen molar-refractivity contribution in [3.8, 4) is 0 Å². The summed E-state index contributed by atoms with van der Waals surface area (Å²) in [7, 11) is 0. The number of aliphatic imine (C=N–C) groups is 1. The molecule has 0 amide bonds. The molecule has 0 unspecified atom stereocenters. The first-order valence-electron chi connectivity index (χ1n) is 4.29. The molecule has 0 spiro atoms. The van der Waals surface area contributed by atoms with E-state index in [9.17, 15) is 0 Å². The van der Waals surface area contributed by atoms with Crippen LogP contribution in [-0.2, 0) is 0 Å². The Balaban J connectivity index is 2.24. The molecule has 0 bridgehead atoms. The summed E-state index contributed by atoms with van der Waals surface area (Å²) in [5.74, 6) is 1.18. The summed E-state index contributed by atoms with van der Waals surface area (Å²) >= 11 is 7.63. The molecule has 0 aliphatic carbocycles. The van der Waals surface area contributed by atoms with Gasteiger partial charge in [0.1, 0.15) is 0 Å². The van der Waals surface area contributed by atoms with Gasteiger partial charge in [-0.1, -0.05) is 23.7 Å². The average molecular weight is 212 g/mol. The van der Waals surface area contributed by atoms with Crippen LogP contribution in [0.5, 0.6) is 0 Å². The molecule has 0 N–H and O–H groups in total. The Morgan fingerprint density at radius 1 is 1.23 bits per heavy atom. The first-order chi connectivity index (χ1) is 6.36. The highest BCUT2D eigenvalue weighted by molar-refractivity contribution is 8.14. The topological polar surface area (TPSA) is 12.4 Å². The van der Waals surface area contributed by atoms with Gasteiger partial charge in [0.05, 0.1) is 5.04 Å². The second kappa shape index (κ2) is 4.16. The van der Waals surface area contributed by atoms with Gasteiger partial charge in [0.2, 0.25) is 0 Å². The van der Waals surface area contributed by atoms with E-state index < -0.39 is 0 Å². The molecule has 0 fully saturated rings. The largest absolute Gasteiger partial charge is 0.278 e. The van der Waals surface area contributed by atoms with Crippen LogP contribution >= 0.6 is 23.4 Å². The molecular formula is C10H10ClNS. The summed E-state index contributed by atoms with van der Waals surface area (Å²) in [5, 5.41) is 1.94. The Morgan fingerprint density at radius 3 is 2.62 bits per heavy atom. The molecule has 1 nitrogen and oxygen atoms in total. The third-order valence-corrected chi connectivity index (χ3v) is 3.27. The number of hydrogen-bond acceptors (Lipinski definition) is 2. The normalized spacial score (nSPS) is 16.8. The summed E-state index contributed by atoms with van der Waals surface area (Å²) in [6.07, 6.45) is 1.20. The molecule has 0 saturated heterocycles. The molecule has 1 aliphatic rings. The number of halogens is 1. The van der Waals surface area contributed by atoms with Crippen molar-refractivity contribution < 1.29 is 0 Å². The molecule has 0 saturated carbocycles. The van der Waals surface area contributed by atoms with Crippen LogP contribution in [0.3, 0.4) is 0 Å². The third kappa shape index (κ3) is 2.26. The summed E-state index contributed by atoms with van der Waals surface area (Å²) in [5.41, 5.74) is 1.19. The van der Waals surface area contributed by atoms with Crippen LogP contribution < -0.4 is 0 Å². The molecule has 0 radical (unpaired) electrons. The monoisotopic (exact) mass is 211 g/mol. The van der Waals surface area contributed by atoms with Gasteiger partial charge >= 0.3 is 0 Å². The van der Waals surface area contributed by atoms with E-state index in [4.69, 9.17) is 11.6 Å². The quantitative estimate of drug-likeness (QED) is 0.695. The van der Waals surface area contributed by atoms with Gasteiger partial charge in [-0.25, -0.2) is 0 Å². The van der Waals surface area contributed by atoms with Gasteiger partial charge in [-0.3, -0.25) is 4.99 Å². The maximum absolute atomic E-state index is 5.80. The van der Waals surface area contributed by atoms with Crippen molar-refractivity contribution in [3.05, 3.63) is 34.9 Å². The van der Waals surface area contributed by atoms with E-state index in [0.717, 1.165) is 16.6 Å². The number of thioether (sulfide) groups is 1. The Hall–Kier alpha value is -0.470. The molecule has 0 atom stereocenters. The van der Waals surface area contributed by atoms with Gasteiger partial charge < -0.3 is 0 Å². The van der Waals surface area contributed by atoms with E-state index in [1.165, 1.54) is 17.7 Å². The fourth-order valence-electron chi connectivity index (χ4n) is 1.23. The predicted octanol–water partition coefficient (Wildman–Crippen LogP) is 3.22. The standard InChI is InChI=1S/C10H10ClNS/c11-9-4-2-8(3-5-9)10-12-6-1-7-13-10/h2-5H,1,6-7H2. The molecule has 1 heterocycles. The van der Waals surface area contributed by atoms with Crippen LogP contribution in [0.1, 0.15) is 12.0 Å². The second-order valence-electron chi connectivity index (χ2n) is 2.90. The highest BCUT2D eigenvalue weighted by Crippen LogP contribution is 2.20. The zero-order valence-corrected chi connectivity index (χ0v) is 8.74. The van der Waals surface area contributed by atoms with Crippen molar-refractivity contribution in [2.45, 2.75) is 6.42 Å². The molecule has 3 heteroatoms. The van der Waals surface area contributed by atoms with Crippen molar-refractivity contribution in [3.63, 3.8) is 0 Å². The van der Waals surface area contributed by atoms with Gasteiger partial charge in [-0.2, -0.15) is 0 Å². The van der Waals surface area contributed by atoms with Crippen LogP contribution in [0.2, 0.25) is 5.02 Å². The molecule has 1 aromatic rings. The Kier molecular flexibility index (Phi) is 2.91. The minimum Gasteiger partial charge on any atom is -0.278 e. The predicted molar refractivity (Wildman–Crippen MR) is 59.9 cm³/mol. The van der Waals surface area contributed by atoms with Gasteiger partial charge in [0, 0.05) is 22.9 Å². The van der Waals surface area contributed by atoms with Gasteiger partial charge in [0.15, 0.2) is 0 Å². The highest BCUT2D eigenvalue weighted by atomic mass is 35.5. The van der Waals surface area contributed by atoms with E-state index in [1.807, 2.05) is 36.0 Å². The van der Waals surface area contributed by atoms with Gasteiger partial charge in [-0.05, 0) is 18.6 Å². The van der Waals surface area contributed by atoms with Crippen molar-refractivity contribution in [1.82, 2.24) is 0 Å².